The van der Waals surface area contributed by atoms with E-state index in [1.807, 2.05) is 0 Å². The van der Waals surface area contributed by atoms with Gasteiger partial charge in [0.15, 0.2) is 0 Å². The lowest BCUT2D eigenvalue weighted by Gasteiger charge is -2.34. The maximum absolute atomic E-state index is 12.1. The van der Waals surface area contributed by atoms with Gasteiger partial charge in [0.2, 0.25) is 0 Å². The molecular formula is C14H18N2O3. The molecule has 1 saturated carbocycles. The molecule has 5 heteroatoms. The van der Waals surface area contributed by atoms with E-state index >= 15 is 0 Å². The average Bonchev–Trinajstić information content (AvgIpc) is 2.40. The van der Waals surface area contributed by atoms with Crippen LogP contribution in [0.4, 0.5) is 5.69 Å². The Morgan fingerprint density at radius 3 is 2.21 bits per heavy atom. The van der Waals surface area contributed by atoms with E-state index in [0.29, 0.717) is 24.1 Å². The molecule has 0 heterocycles. The van der Waals surface area contributed by atoms with E-state index in [1.54, 1.807) is 24.3 Å². The van der Waals surface area contributed by atoms with E-state index < -0.39 is 11.5 Å². The SMILES string of the molecule is Nc1ccc(C(=O)NC2(C(=O)O)CCCCC2)cc1. The summed E-state index contributed by atoms with van der Waals surface area (Å²) in [6, 6.07) is 6.46. The van der Waals surface area contributed by atoms with E-state index in [0.717, 1.165) is 19.3 Å². The Hall–Kier alpha value is -2.04. The van der Waals surface area contributed by atoms with Gasteiger partial charge in [-0.25, -0.2) is 4.79 Å². The number of carboxylic acid groups (broad SMARTS) is 1. The van der Waals surface area contributed by atoms with Gasteiger partial charge in [0, 0.05) is 11.3 Å². The summed E-state index contributed by atoms with van der Waals surface area (Å²) in [6.45, 7) is 0. The van der Waals surface area contributed by atoms with Crippen LogP contribution in [0.1, 0.15) is 42.5 Å². The summed E-state index contributed by atoms with van der Waals surface area (Å²) in [6.07, 6.45) is 3.65. The fourth-order valence-corrected chi connectivity index (χ4v) is 2.47. The number of nitrogens with two attached hydrogens (primary N) is 1. The van der Waals surface area contributed by atoms with Crippen molar-refractivity contribution in [2.45, 2.75) is 37.6 Å². The quantitative estimate of drug-likeness (QED) is 0.724. The lowest BCUT2D eigenvalue weighted by molar-refractivity contribution is -0.145. The third-order valence-corrected chi connectivity index (χ3v) is 3.64. The van der Waals surface area contributed by atoms with Crippen LogP contribution in [-0.4, -0.2) is 22.5 Å². The van der Waals surface area contributed by atoms with Crippen molar-refractivity contribution in [3.05, 3.63) is 29.8 Å². The van der Waals surface area contributed by atoms with Crippen LogP contribution in [0, 0.1) is 0 Å². The Morgan fingerprint density at radius 1 is 1.11 bits per heavy atom. The van der Waals surface area contributed by atoms with Gasteiger partial charge in [-0.05, 0) is 37.1 Å². The number of hydrogen-bond acceptors (Lipinski definition) is 3. The van der Waals surface area contributed by atoms with Crippen molar-refractivity contribution in [1.29, 1.82) is 0 Å². The van der Waals surface area contributed by atoms with Gasteiger partial charge in [-0.15, -0.1) is 0 Å². The normalized spacial score (nSPS) is 17.7. The highest BCUT2D eigenvalue weighted by Crippen LogP contribution is 2.28. The van der Waals surface area contributed by atoms with Crippen molar-refractivity contribution in [3.8, 4) is 0 Å². The topological polar surface area (TPSA) is 92.4 Å². The Bertz CT molecular complexity index is 476. The molecular weight excluding hydrogens is 244 g/mol. The molecule has 0 aromatic heterocycles. The maximum Gasteiger partial charge on any atom is 0.329 e. The minimum absolute atomic E-state index is 0.357. The standard InChI is InChI=1S/C14H18N2O3/c15-11-6-4-10(5-7-11)12(17)16-14(13(18)19)8-2-1-3-9-14/h4-7H,1-3,8-9,15H2,(H,16,17)(H,18,19). The summed E-state index contributed by atoms with van der Waals surface area (Å²) in [4.78, 5) is 23.6. The molecule has 0 aliphatic heterocycles. The van der Waals surface area contributed by atoms with Crippen LogP contribution in [0.25, 0.3) is 0 Å². The number of aliphatic carboxylic acids is 1. The molecule has 0 unspecified atom stereocenters. The summed E-state index contributed by atoms with van der Waals surface area (Å²) in [5.74, 6) is -1.31. The molecule has 2 rings (SSSR count). The predicted octanol–water partition coefficient (Wildman–Crippen LogP) is 1.79. The first kappa shape index (κ1) is 13.4. The zero-order valence-electron chi connectivity index (χ0n) is 10.7. The Balaban J connectivity index is 2.15. The molecule has 1 aliphatic carbocycles. The first-order valence-electron chi connectivity index (χ1n) is 6.45. The molecule has 0 saturated heterocycles. The van der Waals surface area contributed by atoms with Gasteiger partial charge in [-0.2, -0.15) is 0 Å². The molecule has 0 bridgehead atoms. The zero-order chi connectivity index (χ0) is 13.9. The minimum atomic E-state index is -1.11. The van der Waals surface area contributed by atoms with Crippen LogP contribution in [-0.2, 0) is 4.79 Å². The number of anilines is 1. The summed E-state index contributed by atoms with van der Waals surface area (Å²) in [5, 5.41) is 12.1. The number of carbonyl (C=O) groups excluding carboxylic acids is 1. The molecule has 1 aromatic rings. The molecule has 4 N–H and O–H groups in total. The summed E-state index contributed by atoms with van der Waals surface area (Å²) in [7, 11) is 0. The van der Waals surface area contributed by atoms with Gasteiger partial charge in [0.25, 0.3) is 5.91 Å². The van der Waals surface area contributed by atoms with Crippen LogP contribution in [0.2, 0.25) is 0 Å². The lowest BCUT2D eigenvalue weighted by Crippen LogP contribution is -2.55. The monoisotopic (exact) mass is 262 g/mol. The Labute approximate surface area is 111 Å². The first-order chi connectivity index (χ1) is 9.03. The number of benzene rings is 1. The highest BCUT2D eigenvalue weighted by Gasteiger charge is 2.41. The van der Waals surface area contributed by atoms with Gasteiger partial charge in [0.05, 0.1) is 0 Å². The molecule has 1 fully saturated rings. The molecule has 1 aliphatic rings. The lowest BCUT2D eigenvalue weighted by atomic mass is 9.81. The van der Waals surface area contributed by atoms with Gasteiger partial charge in [-0.1, -0.05) is 19.3 Å². The third kappa shape index (κ3) is 2.86. The van der Waals surface area contributed by atoms with E-state index in [2.05, 4.69) is 5.32 Å². The molecule has 19 heavy (non-hydrogen) atoms. The molecule has 5 nitrogen and oxygen atoms in total. The van der Waals surface area contributed by atoms with E-state index in [-0.39, 0.29) is 5.91 Å². The average molecular weight is 262 g/mol. The largest absolute Gasteiger partial charge is 0.480 e. The number of nitrogen functional groups attached to an aromatic ring is 1. The molecule has 0 radical (unpaired) electrons. The fraction of sp³-hybridized carbons (Fsp3) is 0.429. The molecule has 1 amide bonds. The highest BCUT2D eigenvalue weighted by atomic mass is 16.4. The van der Waals surface area contributed by atoms with Crippen LogP contribution in [0.15, 0.2) is 24.3 Å². The Morgan fingerprint density at radius 2 is 1.68 bits per heavy atom. The van der Waals surface area contributed by atoms with Crippen molar-refractivity contribution in [3.63, 3.8) is 0 Å². The molecule has 1 aromatic carbocycles. The van der Waals surface area contributed by atoms with E-state index in [4.69, 9.17) is 5.73 Å². The number of rotatable bonds is 3. The molecule has 102 valence electrons. The van der Waals surface area contributed by atoms with Gasteiger partial charge >= 0.3 is 5.97 Å². The third-order valence-electron chi connectivity index (χ3n) is 3.64. The van der Waals surface area contributed by atoms with Crippen LogP contribution in [0.3, 0.4) is 0 Å². The predicted molar refractivity (Wildman–Crippen MR) is 71.8 cm³/mol. The number of nitrogens with one attached hydrogen (secondary N) is 1. The van der Waals surface area contributed by atoms with E-state index in [9.17, 15) is 14.7 Å². The van der Waals surface area contributed by atoms with E-state index in [1.165, 1.54) is 0 Å². The highest BCUT2D eigenvalue weighted by molar-refractivity contribution is 5.98. The van der Waals surface area contributed by atoms with Crippen molar-refractivity contribution in [2.24, 2.45) is 0 Å². The smallest absolute Gasteiger partial charge is 0.329 e. The van der Waals surface area contributed by atoms with Gasteiger partial charge in [-0.3, -0.25) is 4.79 Å². The zero-order valence-corrected chi connectivity index (χ0v) is 10.7. The van der Waals surface area contributed by atoms with Crippen LogP contribution in [0.5, 0.6) is 0 Å². The van der Waals surface area contributed by atoms with Crippen molar-refractivity contribution < 1.29 is 14.7 Å². The second-order valence-corrected chi connectivity index (χ2v) is 5.02. The summed E-state index contributed by atoms with van der Waals surface area (Å²) < 4.78 is 0. The van der Waals surface area contributed by atoms with Crippen molar-refractivity contribution >= 4 is 17.6 Å². The second kappa shape index (κ2) is 5.30. The van der Waals surface area contributed by atoms with Gasteiger partial charge in [0.1, 0.15) is 5.54 Å². The number of carboxylic acids is 1. The number of amides is 1. The van der Waals surface area contributed by atoms with Gasteiger partial charge < -0.3 is 16.2 Å². The molecule has 0 spiro atoms. The van der Waals surface area contributed by atoms with Crippen LogP contribution >= 0.6 is 0 Å². The van der Waals surface area contributed by atoms with Crippen molar-refractivity contribution in [2.75, 3.05) is 5.73 Å². The number of hydrogen-bond donors (Lipinski definition) is 3. The minimum Gasteiger partial charge on any atom is -0.480 e. The maximum atomic E-state index is 12.1. The first-order valence-corrected chi connectivity index (χ1v) is 6.45. The Kier molecular flexibility index (Phi) is 3.74. The fourth-order valence-electron chi connectivity index (χ4n) is 2.47. The number of carbonyl (C=O) groups is 2. The van der Waals surface area contributed by atoms with Crippen LogP contribution < -0.4 is 11.1 Å². The summed E-state index contributed by atoms with van der Waals surface area (Å²) in [5.41, 5.74) is 5.45. The molecule has 0 atom stereocenters. The van der Waals surface area contributed by atoms with Crippen molar-refractivity contribution in [1.82, 2.24) is 5.32 Å². The second-order valence-electron chi connectivity index (χ2n) is 5.02. The summed E-state index contributed by atoms with van der Waals surface area (Å²) >= 11 is 0.